The van der Waals surface area contributed by atoms with E-state index in [0.717, 1.165) is 18.7 Å². The van der Waals surface area contributed by atoms with Crippen molar-refractivity contribution in [1.82, 2.24) is 4.98 Å². The van der Waals surface area contributed by atoms with Gasteiger partial charge in [-0.25, -0.2) is 14.2 Å². The zero-order chi connectivity index (χ0) is 11.4. The van der Waals surface area contributed by atoms with Crippen molar-refractivity contribution >= 4 is 11.8 Å². The maximum atomic E-state index is 12.8. The number of aromatic carboxylic acids is 1. The van der Waals surface area contributed by atoms with Crippen LogP contribution in [0, 0.1) is 5.82 Å². The number of nitrogens with zero attached hydrogens (tertiary/aromatic N) is 2. The van der Waals surface area contributed by atoms with Crippen LogP contribution in [0.25, 0.3) is 0 Å². The minimum Gasteiger partial charge on any atom is -0.478 e. The van der Waals surface area contributed by atoms with Gasteiger partial charge in [0.05, 0.1) is 6.20 Å². The first-order chi connectivity index (χ1) is 7.06. The summed E-state index contributed by atoms with van der Waals surface area (Å²) in [6.45, 7) is 2.65. The van der Waals surface area contributed by atoms with Crippen LogP contribution in [0.15, 0.2) is 12.3 Å². The van der Waals surface area contributed by atoms with Crippen LogP contribution in [0.2, 0.25) is 0 Å². The zero-order valence-electron chi connectivity index (χ0n) is 8.70. The highest BCUT2D eigenvalue weighted by Gasteiger charge is 2.15. The number of rotatable bonds is 4. The van der Waals surface area contributed by atoms with E-state index in [1.807, 2.05) is 6.92 Å². The molecule has 1 N–H and O–H groups in total. The molecule has 0 saturated carbocycles. The third-order valence-electron chi connectivity index (χ3n) is 1.98. The molecule has 0 bridgehead atoms. The molecule has 1 aromatic rings. The molecule has 1 heterocycles. The van der Waals surface area contributed by atoms with Gasteiger partial charge in [0.15, 0.2) is 0 Å². The van der Waals surface area contributed by atoms with Crippen molar-refractivity contribution in [2.24, 2.45) is 0 Å². The Morgan fingerprint density at radius 1 is 1.67 bits per heavy atom. The van der Waals surface area contributed by atoms with Gasteiger partial charge in [-0.1, -0.05) is 6.92 Å². The molecule has 4 nitrogen and oxygen atoms in total. The van der Waals surface area contributed by atoms with Crippen molar-refractivity contribution in [1.29, 1.82) is 0 Å². The number of pyridine rings is 1. The van der Waals surface area contributed by atoms with Crippen molar-refractivity contribution in [2.45, 2.75) is 13.3 Å². The molecule has 0 radical (unpaired) electrons. The molecule has 5 heteroatoms. The van der Waals surface area contributed by atoms with Crippen LogP contribution in [-0.4, -0.2) is 29.7 Å². The maximum Gasteiger partial charge on any atom is 0.339 e. The number of carboxylic acid groups (broad SMARTS) is 1. The van der Waals surface area contributed by atoms with Crippen LogP contribution in [-0.2, 0) is 0 Å². The smallest absolute Gasteiger partial charge is 0.339 e. The zero-order valence-corrected chi connectivity index (χ0v) is 8.70. The molecule has 1 rings (SSSR count). The van der Waals surface area contributed by atoms with E-state index in [-0.39, 0.29) is 5.56 Å². The second-order valence-electron chi connectivity index (χ2n) is 3.25. The van der Waals surface area contributed by atoms with Gasteiger partial charge < -0.3 is 10.0 Å². The largest absolute Gasteiger partial charge is 0.478 e. The molecule has 0 unspecified atom stereocenters. The first kappa shape index (κ1) is 11.4. The van der Waals surface area contributed by atoms with Gasteiger partial charge in [-0.05, 0) is 12.5 Å². The fourth-order valence-corrected chi connectivity index (χ4v) is 1.33. The molecule has 15 heavy (non-hydrogen) atoms. The predicted octanol–water partition coefficient (Wildman–Crippen LogP) is 1.77. The predicted molar refractivity (Wildman–Crippen MR) is 54.7 cm³/mol. The molecule has 0 aliphatic heterocycles. The van der Waals surface area contributed by atoms with Gasteiger partial charge in [0, 0.05) is 13.6 Å². The van der Waals surface area contributed by atoms with Crippen molar-refractivity contribution < 1.29 is 14.3 Å². The minimum atomic E-state index is -1.17. The van der Waals surface area contributed by atoms with Gasteiger partial charge >= 0.3 is 5.97 Å². The van der Waals surface area contributed by atoms with Crippen molar-refractivity contribution in [2.75, 3.05) is 18.5 Å². The lowest BCUT2D eigenvalue weighted by Gasteiger charge is -2.18. The summed E-state index contributed by atoms with van der Waals surface area (Å²) in [6, 6.07) is 0.983. The van der Waals surface area contributed by atoms with Crippen LogP contribution in [0.5, 0.6) is 0 Å². The Labute approximate surface area is 87.4 Å². The summed E-state index contributed by atoms with van der Waals surface area (Å²) in [5.41, 5.74) is -0.106. The first-order valence-electron chi connectivity index (χ1n) is 4.66. The Morgan fingerprint density at radius 2 is 2.33 bits per heavy atom. The van der Waals surface area contributed by atoms with Crippen LogP contribution in [0.1, 0.15) is 23.7 Å². The van der Waals surface area contributed by atoms with E-state index in [4.69, 9.17) is 5.11 Å². The molecule has 1 aromatic heterocycles. The first-order valence-corrected chi connectivity index (χ1v) is 4.66. The van der Waals surface area contributed by atoms with Gasteiger partial charge in [-0.2, -0.15) is 0 Å². The Kier molecular flexibility index (Phi) is 3.60. The molecule has 0 aromatic carbocycles. The third kappa shape index (κ3) is 2.65. The van der Waals surface area contributed by atoms with Crippen molar-refractivity contribution in [3.05, 3.63) is 23.6 Å². The van der Waals surface area contributed by atoms with E-state index < -0.39 is 11.8 Å². The lowest BCUT2D eigenvalue weighted by molar-refractivity contribution is 0.0696. The van der Waals surface area contributed by atoms with Gasteiger partial charge in [-0.3, -0.25) is 0 Å². The van der Waals surface area contributed by atoms with E-state index in [9.17, 15) is 9.18 Å². The van der Waals surface area contributed by atoms with Crippen molar-refractivity contribution in [3.8, 4) is 0 Å². The highest BCUT2D eigenvalue weighted by Crippen LogP contribution is 2.17. The third-order valence-corrected chi connectivity index (χ3v) is 1.98. The number of carbonyl (C=O) groups is 1. The summed E-state index contributed by atoms with van der Waals surface area (Å²) in [4.78, 5) is 16.3. The molecular formula is C10H13FN2O2. The summed E-state index contributed by atoms with van der Waals surface area (Å²) < 4.78 is 12.8. The second kappa shape index (κ2) is 4.72. The average molecular weight is 212 g/mol. The van der Waals surface area contributed by atoms with E-state index in [0.29, 0.717) is 12.4 Å². The number of aromatic nitrogens is 1. The fraction of sp³-hybridized carbons (Fsp3) is 0.400. The summed E-state index contributed by atoms with van der Waals surface area (Å²) >= 11 is 0. The monoisotopic (exact) mass is 212 g/mol. The molecule has 0 saturated heterocycles. The Balaban J connectivity index is 3.10. The minimum absolute atomic E-state index is 0.106. The quantitative estimate of drug-likeness (QED) is 0.826. The summed E-state index contributed by atoms with van der Waals surface area (Å²) in [6.07, 6.45) is 1.89. The molecular weight excluding hydrogens is 199 g/mol. The molecule has 0 fully saturated rings. The van der Waals surface area contributed by atoms with Crippen molar-refractivity contribution in [3.63, 3.8) is 0 Å². The molecule has 0 amide bonds. The van der Waals surface area contributed by atoms with Gasteiger partial charge in [-0.15, -0.1) is 0 Å². The second-order valence-corrected chi connectivity index (χ2v) is 3.25. The Morgan fingerprint density at radius 3 is 2.87 bits per heavy atom. The SMILES string of the molecule is CCCN(C)c1ncc(F)cc1C(=O)O. The summed E-state index contributed by atoms with van der Waals surface area (Å²) in [5, 5.41) is 8.87. The maximum absolute atomic E-state index is 12.8. The number of hydrogen-bond donors (Lipinski definition) is 1. The molecule has 82 valence electrons. The van der Waals surface area contributed by atoms with Gasteiger partial charge in [0.1, 0.15) is 17.2 Å². The van der Waals surface area contributed by atoms with Gasteiger partial charge in [0.25, 0.3) is 0 Å². The van der Waals surface area contributed by atoms with E-state index in [1.54, 1.807) is 11.9 Å². The lowest BCUT2D eigenvalue weighted by Crippen LogP contribution is -2.22. The van der Waals surface area contributed by atoms with Crippen LogP contribution in [0.3, 0.4) is 0 Å². The lowest BCUT2D eigenvalue weighted by atomic mass is 10.2. The van der Waals surface area contributed by atoms with E-state index >= 15 is 0 Å². The summed E-state index contributed by atoms with van der Waals surface area (Å²) in [7, 11) is 1.73. The highest BCUT2D eigenvalue weighted by molar-refractivity contribution is 5.93. The highest BCUT2D eigenvalue weighted by atomic mass is 19.1. The molecule has 0 atom stereocenters. The van der Waals surface area contributed by atoms with Crippen LogP contribution >= 0.6 is 0 Å². The number of carboxylic acids is 1. The van der Waals surface area contributed by atoms with Crippen LogP contribution < -0.4 is 4.90 Å². The van der Waals surface area contributed by atoms with Crippen LogP contribution in [0.4, 0.5) is 10.2 Å². The molecule has 0 aliphatic rings. The summed E-state index contributed by atoms with van der Waals surface area (Å²) in [5.74, 6) is -1.51. The Bertz CT molecular complexity index is 368. The number of halogens is 1. The van der Waals surface area contributed by atoms with Gasteiger partial charge in [0.2, 0.25) is 0 Å². The van der Waals surface area contributed by atoms with E-state index in [2.05, 4.69) is 4.98 Å². The Hall–Kier alpha value is -1.65. The standard InChI is InChI=1S/C10H13FN2O2/c1-3-4-13(2)9-8(10(14)15)5-7(11)6-12-9/h5-6H,3-4H2,1-2H3,(H,14,15). The molecule has 0 aliphatic carbocycles. The normalized spacial score (nSPS) is 10.1. The fourth-order valence-electron chi connectivity index (χ4n) is 1.33. The average Bonchev–Trinajstić information content (AvgIpc) is 2.17. The number of hydrogen-bond acceptors (Lipinski definition) is 3. The topological polar surface area (TPSA) is 53.4 Å². The number of anilines is 1. The molecule has 0 spiro atoms. The van der Waals surface area contributed by atoms with E-state index in [1.165, 1.54) is 0 Å².